The van der Waals surface area contributed by atoms with E-state index in [9.17, 15) is 13.5 Å². The van der Waals surface area contributed by atoms with Crippen LogP contribution >= 0.6 is 0 Å². The molecular weight excluding hydrogens is 284 g/mol. The first kappa shape index (κ1) is 15.7. The van der Waals surface area contributed by atoms with Crippen LogP contribution in [0.1, 0.15) is 36.1 Å². The van der Waals surface area contributed by atoms with Crippen LogP contribution in [-0.2, 0) is 16.3 Å². The zero-order chi connectivity index (χ0) is 15.5. The summed E-state index contributed by atoms with van der Waals surface area (Å²) in [5.74, 6) is 0. The summed E-state index contributed by atoms with van der Waals surface area (Å²) in [5.41, 5.74) is 2.74. The normalized spacial score (nSPS) is 13.1. The van der Waals surface area contributed by atoms with Crippen LogP contribution in [0.2, 0.25) is 0 Å². The van der Waals surface area contributed by atoms with Crippen LogP contribution in [0.25, 0.3) is 0 Å². The summed E-state index contributed by atoms with van der Waals surface area (Å²) < 4.78 is 22.8. The minimum absolute atomic E-state index is 0.261. The largest absolute Gasteiger partial charge is 0.384 e. The fourth-order valence-electron chi connectivity index (χ4n) is 2.25. The van der Waals surface area contributed by atoms with Crippen LogP contribution < -0.4 is 0 Å². The Morgan fingerprint density at radius 3 is 1.86 bits per heavy atom. The molecule has 0 amide bonds. The minimum Gasteiger partial charge on any atom is -0.384 e. The van der Waals surface area contributed by atoms with Crippen molar-refractivity contribution in [1.82, 2.24) is 0 Å². The Morgan fingerprint density at radius 1 is 0.952 bits per heavy atom. The average molecular weight is 304 g/mol. The molecule has 1 N–H and O–H groups in total. The van der Waals surface area contributed by atoms with Gasteiger partial charge in [-0.25, -0.2) is 8.42 Å². The summed E-state index contributed by atoms with van der Waals surface area (Å²) >= 11 is 0. The molecule has 4 heteroatoms. The summed E-state index contributed by atoms with van der Waals surface area (Å²) in [5, 5.41) is 10.4. The van der Waals surface area contributed by atoms with Crippen molar-refractivity contribution in [1.29, 1.82) is 0 Å². The molecule has 0 aliphatic carbocycles. The molecule has 0 saturated carbocycles. The first-order valence-corrected chi connectivity index (χ1v) is 8.88. The molecule has 2 rings (SSSR count). The summed E-state index contributed by atoms with van der Waals surface area (Å²) in [6.07, 6.45) is 2.55. The van der Waals surface area contributed by atoms with Crippen molar-refractivity contribution in [2.45, 2.75) is 30.8 Å². The second-order valence-electron chi connectivity index (χ2n) is 5.24. The van der Waals surface area contributed by atoms with Gasteiger partial charge in [-0.3, -0.25) is 0 Å². The molecule has 0 saturated heterocycles. The van der Waals surface area contributed by atoms with Crippen LogP contribution in [0.15, 0.2) is 53.4 Å². The minimum atomic E-state index is -3.20. The number of aryl methyl sites for hydroxylation is 1. The van der Waals surface area contributed by atoms with Gasteiger partial charge in [0.15, 0.2) is 9.84 Å². The van der Waals surface area contributed by atoms with Crippen LogP contribution in [0.4, 0.5) is 0 Å². The van der Waals surface area contributed by atoms with Crippen molar-refractivity contribution in [2.24, 2.45) is 0 Å². The summed E-state index contributed by atoms with van der Waals surface area (Å²) in [6.45, 7) is 2.13. The monoisotopic (exact) mass is 304 g/mol. The number of benzene rings is 2. The molecule has 0 heterocycles. The summed E-state index contributed by atoms with van der Waals surface area (Å²) in [4.78, 5) is 0.261. The number of aliphatic hydroxyl groups excluding tert-OH is 1. The van der Waals surface area contributed by atoms with Crippen LogP contribution in [0, 0.1) is 0 Å². The molecule has 1 unspecified atom stereocenters. The smallest absolute Gasteiger partial charge is 0.175 e. The van der Waals surface area contributed by atoms with Gasteiger partial charge in [0.2, 0.25) is 0 Å². The predicted molar refractivity (Wildman–Crippen MR) is 84.1 cm³/mol. The lowest BCUT2D eigenvalue weighted by molar-refractivity contribution is 0.220. The molecule has 3 nitrogen and oxygen atoms in total. The Kier molecular flexibility index (Phi) is 4.80. The van der Waals surface area contributed by atoms with Gasteiger partial charge >= 0.3 is 0 Å². The molecule has 1 atom stereocenters. The van der Waals surface area contributed by atoms with Crippen molar-refractivity contribution in [3.05, 3.63) is 65.2 Å². The molecule has 0 fully saturated rings. The number of sulfone groups is 1. The molecule has 112 valence electrons. The maximum Gasteiger partial charge on any atom is 0.175 e. The quantitative estimate of drug-likeness (QED) is 0.923. The Hall–Kier alpha value is -1.65. The Bertz CT molecular complexity index is 686. The van der Waals surface area contributed by atoms with Gasteiger partial charge in [-0.15, -0.1) is 0 Å². The lowest BCUT2D eigenvalue weighted by atomic mass is 9.99. The number of hydrogen-bond donors (Lipinski definition) is 1. The number of rotatable bonds is 5. The van der Waals surface area contributed by atoms with Gasteiger partial charge in [0.1, 0.15) is 6.10 Å². The van der Waals surface area contributed by atoms with E-state index < -0.39 is 15.9 Å². The predicted octanol–water partition coefficient (Wildman–Crippen LogP) is 3.12. The molecule has 2 aromatic rings. The third-order valence-corrected chi connectivity index (χ3v) is 4.59. The van der Waals surface area contributed by atoms with E-state index in [1.165, 1.54) is 24.0 Å². The van der Waals surface area contributed by atoms with E-state index in [4.69, 9.17) is 0 Å². The van der Waals surface area contributed by atoms with Gasteiger partial charge in [0.25, 0.3) is 0 Å². The molecule has 0 aromatic heterocycles. The van der Waals surface area contributed by atoms with E-state index >= 15 is 0 Å². The van der Waals surface area contributed by atoms with Crippen LogP contribution in [-0.4, -0.2) is 19.8 Å². The third-order valence-electron chi connectivity index (χ3n) is 3.46. The first-order chi connectivity index (χ1) is 9.91. The van der Waals surface area contributed by atoms with Crippen molar-refractivity contribution in [2.75, 3.05) is 6.26 Å². The SMILES string of the molecule is CCCc1ccc(C(O)c2ccc(S(C)(=O)=O)cc2)cc1. The van der Waals surface area contributed by atoms with E-state index in [1.807, 2.05) is 24.3 Å². The van der Waals surface area contributed by atoms with Crippen molar-refractivity contribution >= 4 is 9.84 Å². The molecule has 0 aliphatic rings. The highest BCUT2D eigenvalue weighted by atomic mass is 32.2. The molecule has 0 bridgehead atoms. The standard InChI is InChI=1S/C17H20O3S/c1-3-4-13-5-7-14(8-6-13)17(18)15-9-11-16(12-10-15)21(2,19)20/h5-12,17-18H,3-4H2,1-2H3. The highest BCUT2D eigenvalue weighted by Gasteiger charge is 2.12. The topological polar surface area (TPSA) is 54.4 Å². The van der Waals surface area contributed by atoms with Gasteiger partial charge < -0.3 is 5.11 Å². The van der Waals surface area contributed by atoms with Crippen molar-refractivity contribution < 1.29 is 13.5 Å². The maximum absolute atomic E-state index is 11.4. The van der Waals surface area contributed by atoms with Gasteiger partial charge in [-0.1, -0.05) is 49.7 Å². The van der Waals surface area contributed by atoms with E-state index in [2.05, 4.69) is 6.92 Å². The van der Waals surface area contributed by atoms with Crippen LogP contribution in [0.5, 0.6) is 0 Å². The lowest BCUT2D eigenvalue weighted by Crippen LogP contribution is -2.02. The first-order valence-electron chi connectivity index (χ1n) is 6.98. The van der Waals surface area contributed by atoms with Gasteiger partial charge in [-0.2, -0.15) is 0 Å². The summed E-state index contributed by atoms with van der Waals surface area (Å²) in [6, 6.07) is 14.2. The second-order valence-corrected chi connectivity index (χ2v) is 7.25. The summed E-state index contributed by atoms with van der Waals surface area (Å²) in [7, 11) is -3.20. The molecular formula is C17H20O3S. The van der Waals surface area contributed by atoms with E-state index in [-0.39, 0.29) is 4.90 Å². The fraction of sp³-hybridized carbons (Fsp3) is 0.294. The number of hydrogen-bond acceptors (Lipinski definition) is 3. The Labute approximate surface area is 126 Å². The van der Waals surface area contributed by atoms with E-state index in [1.54, 1.807) is 12.1 Å². The highest BCUT2D eigenvalue weighted by molar-refractivity contribution is 7.90. The third kappa shape index (κ3) is 3.93. The molecule has 2 aromatic carbocycles. The van der Waals surface area contributed by atoms with E-state index in [0.717, 1.165) is 18.4 Å². The Balaban J connectivity index is 2.21. The zero-order valence-electron chi connectivity index (χ0n) is 12.3. The van der Waals surface area contributed by atoms with Gasteiger partial charge in [0, 0.05) is 6.26 Å². The molecule has 0 radical (unpaired) electrons. The molecule has 0 aliphatic heterocycles. The number of aliphatic hydroxyl groups is 1. The second kappa shape index (κ2) is 6.41. The van der Waals surface area contributed by atoms with Crippen molar-refractivity contribution in [3.63, 3.8) is 0 Å². The maximum atomic E-state index is 11.4. The van der Waals surface area contributed by atoms with Gasteiger partial charge in [0.05, 0.1) is 4.90 Å². The van der Waals surface area contributed by atoms with E-state index in [0.29, 0.717) is 5.56 Å². The molecule has 0 spiro atoms. The lowest BCUT2D eigenvalue weighted by Gasteiger charge is -2.12. The zero-order valence-corrected chi connectivity index (χ0v) is 13.1. The fourth-order valence-corrected chi connectivity index (χ4v) is 2.88. The Morgan fingerprint density at radius 2 is 1.43 bits per heavy atom. The highest BCUT2D eigenvalue weighted by Crippen LogP contribution is 2.23. The van der Waals surface area contributed by atoms with Gasteiger partial charge in [-0.05, 0) is 35.2 Å². The van der Waals surface area contributed by atoms with Crippen molar-refractivity contribution in [3.8, 4) is 0 Å². The van der Waals surface area contributed by atoms with Crippen LogP contribution in [0.3, 0.4) is 0 Å². The average Bonchev–Trinajstić information content (AvgIpc) is 2.47. The molecule has 21 heavy (non-hydrogen) atoms.